The van der Waals surface area contributed by atoms with E-state index in [4.69, 9.17) is 4.52 Å². The van der Waals surface area contributed by atoms with Crippen LogP contribution >= 0.6 is 11.3 Å². The fraction of sp³-hybridized carbons (Fsp3) is 0.200. The summed E-state index contributed by atoms with van der Waals surface area (Å²) < 4.78 is 5.42. The highest BCUT2D eigenvalue weighted by atomic mass is 32.1. The van der Waals surface area contributed by atoms with Gasteiger partial charge in [0.15, 0.2) is 0 Å². The van der Waals surface area contributed by atoms with E-state index < -0.39 is 0 Å². The highest BCUT2D eigenvalue weighted by Crippen LogP contribution is 2.26. The molecule has 1 N–H and O–H groups in total. The van der Waals surface area contributed by atoms with Crippen LogP contribution in [0.25, 0.3) is 11.4 Å². The molecule has 0 radical (unpaired) electrons. The molecular formula is C15H13N3OS. The molecule has 1 atom stereocenters. The quantitative estimate of drug-likeness (QED) is 0.784. The number of hydrogen-bond donors (Lipinski definition) is 1. The molecule has 5 heteroatoms. The molecule has 0 aliphatic carbocycles. The van der Waals surface area contributed by atoms with Gasteiger partial charge in [-0.1, -0.05) is 29.4 Å². The fourth-order valence-electron chi connectivity index (χ4n) is 2.51. The summed E-state index contributed by atoms with van der Waals surface area (Å²) >= 11 is 1.63. The molecule has 3 heterocycles. The molecule has 0 amide bonds. The van der Waals surface area contributed by atoms with E-state index in [0.29, 0.717) is 11.7 Å². The van der Waals surface area contributed by atoms with E-state index in [-0.39, 0.29) is 6.04 Å². The first-order valence-electron chi connectivity index (χ1n) is 6.56. The molecule has 1 aliphatic rings. The van der Waals surface area contributed by atoms with Gasteiger partial charge in [0.05, 0.1) is 6.04 Å². The van der Waals surface area contributed by atoms with Crippen LogP contribution in [0.1, 0.15) is 23.1 Å². The Morgan fingerprint density at radius 2 is 2.10 bits per heavy atom. The van der Waals surface area contributed by atoms with E-state index in [0.717, 1.165) is 18.5 Å². The topological polar surface area (TPSA) is 51.0 Å². The van der Waals surface area contributed by atoms with E-state index in [9.17, 15) is 0 Å². The monoisotopic (exact) mass is 283 g/mol. The summed E-state index contributed by atoms with van der Waals surface area (Å²) in [5.74, 6) is 1.34. The maximum absolute atomic E-state index is 5.42. The lowest BCUT2D eigenvalue weighted by atomic mass is 9.96. The number of thiophene rings is 1. The normalized spacial score (nSPS) is 17.9. The van der Waals surface area contributed by atoms with Gasteiger partial charge in [-0.25, -0.2) is 0 Å². The lowest BCUT2D eigenvalue weighted by molar-refractivity contribution is 0.321. The van der Waals surface area contributed by atoms with Gasteiger partial charge in [0.1, 0.15) is 0 Å². The Balaban J connectivity index is 1.60. The van der Waals surface area contributed by atoms with Crippen LogP contribution in [0.15, 0.2) is 45.6 Å². The van der Waals surface area contributed by atoms with Crippen LogP contribution < -0.4 is 5.32 Å². The zero-order valence-corrected chi connectivity index (χ0v) is 11.6. The minimum absolute atomic E-state index is 0.102. The van der Waals surface area contributed by atoms with Crippen molar-refractivity contribution in [3.8, 4) is 11.4 Å². The van der Waals surface area contributed by atoms with Crippen LogP contribution in [0.5, 0.6) is 0 Å². The van der Waals surface area contributed by atoms with Crippen molar-refractivity contribution < 1.29 is 4.52 Å². The number of hydrogen-bond acceptors (Lipinski definition) is 5. The van der Waals surface area contributed by atoms with Crippen molar-refractivity contribution in [3.05, 3.63) is 58.1 Å². The largest absolute Gasteiger partial charge is 0.337 e. The maximum atomic E-state index is 5.42. The summed E-state index contributed by atoms with van der Waals surface area (Å²) in [6.07, 6.45) is 0.890. The predicted molar refractivity (Wildman–Crippen MR) is 77.3 cm³/mol. The maximum Gasteiger partial charge on any atom is 0.244 e. The third kappa shape index (κ3) is 2.05. The molecule has 0 spiro atoms. The lowest BCUT2D eigenvalue weighted by Gasteiger charge is -2.23. The van der Waals surface area contributed by atoms with Crippen LogP contribution in [-0.2, 0) is 13.0 Å². The zero-order chi connectivity index (χ0) is 13.4. The first-order chi connectivity index (χ1) is 9.90. The Labute approximate surface area is 120 Å². The number of nitrogens with zero attached hydrogens (tertiary/aromatic N) is 2. The SMILES string of the molecule is c1ccc2c(c1)CN[C@@H](c1nc(-c3ccsc3)no1)C2. The molecule has 0 unspecified atom stereocenters. The number of benzene rings is 1. The summed E-state index contributed by atoms with van der Waals surface area (Å²) in [6.45, 7) is 0.844. The first-order valence-corrected chi connectivity index (χ1v) is 7.51. The van der Waals surface area contributed by atoms with Gasteiger partial charge in [0, 0.05) is 17.5 Å². The van der Waals surface area contributed by atoms with E-state index in [1.807, 2.05) is 16.8 Å². The van der Waals surface area contributed by atoms with Gasteiger partial charge in [0.2, 0.25) is 11.7 Å². The minimum atomic E-state index is 0.102. The number of aromatic nitrogens is 2. The average molecular weight is 283 g/mol. The van der Waals surface area contributed by atoms with Crippen LogP contribution in [0.2, 0.25) is 0 Å². The van der Waals surface area contributed by atoms with Crippen LogP contribution in [0.3, 0.4) is 0 Å². The number of rotatable bonds is 2. The van der Waals surface area contributed by atoms with E-state index in [1.165, 1.54) is 11.1 Å². The van der Waals surface area contributed by atoms with Gasteiger partial charge in [-0.2, -0.15) is 16.3 Å². The molecule has 100 valence electrons. The summed E-state index contributed by atoms with van der Waals surface area (Å²) in [6, 6.07) is 10.6. The standard InChI is InChI=1S/C15H13N3OS/c1-2-4-11-8-16-13(7-10(11)3-1)15-17-14(18-19-15)12-5-6-20-9-12/h1-6,9,13,16H,7-8H2/t13-/m1/s1. The second-order valence-electron chi connectivity index (χ2n) is 4.87. The van der Waals surface area contributed by atoms with Crippen molar-refractivity contribution >= 4 is 11.3 Å². The zero-order valence-electron chi connectivity index (χ0n) is 10.7. The molecule has 1 aliphatic heterocycles. The van der Waals surface area contributed by atoms with Crippen molar-refractivity contribution in [2.24, 2.45) is 0 Å². The van der Waals surface area contributed by atoms with Crippen molar-refractivity contribution in [3.63, 3.8) is 0 Å². The van der Waals surface area contributed by atoms with E-state index in [2.05, 4.69) is 39.7 Å². The van der Waals surface area contributed by atoms with E-state index in [1.54, 1.807) is 11.3 Å². The van der Waals surface area contributed by atoms with Crippen LogP contribution in [-0.4, -0.2) is 10.1 Å². The van der Waals surface area contributed by atoms with Crippen molar-refractivity contribution in [2.75, 3.05) is 0 Å². The van der Waals surface area contributed by atoms with Gasteiger partial charge in [-0.3, -0.25) is 0 Å². The van der Waals surface area contributed by atoms with Crippen molar-refractivity contribution in [1.29, 1.82) is 0 Å². The minimum Gasteiger partial charge on any atom is -0.337 e. The first kappa shape index (κ1) is 11.8. The van der Waals surface area contributed by atoms with Gasteiger partial charge in [0.25, 0.3) is 0 Å². The second kappa shape index (κ2) is 4.85. The van der Waals surface area contributed by atoms with E-state index >= 15 is 0 Å². The third-order valence-electron chi connectivity index (χ3n) is 3.60. The smallest absolute Gasteiger partial charge is 0.244 e. The molecule has 0 saturated heterocycles. The highest BCUT2D eigenvalue weighted by molar-refractivity contribution is 7.08. The average Bonchev–Trinajstić information content (AvgIpc) is 3.17. The Kier molecular flexibility index (Phi) is 2.86. The van der Waals surface area contributed by atoms with Gasteiger partial charge >= 0.3 is 0 Å². The summed E-state index contributed by atoms with van der Waals surface area (Å²) in [4.78, 5) is 4.52. The van der Waals surface area contributed by atoms with Crippen LogP contribution in [0.4, 0.5) is 0 Å². The molecule has 1 aromatic carbocycles. The summed E-state index contributed by atoms with van der Waals surface area (Å²) in [7, 11) is 0. The highest BCUT2D eigenvalue weighted by Gasteiger charge is 2.24. The number of nitrogens with one attached hydrogen (secondary N) is 1. The van der Waals surface area contributed by atoms with Gasteiger partial charge < -0.3 is 9.84 Å². The molecular weight excluding hydrogens is 270 g/mol. The molecule has 0 fully saturated rings. The molecule has 20 heavy (non-hydrogen) atoms. The lowest BCUT2D eigenvalue weighted by Crippen LogP contribution is -2.28. The molecule has 4 nitrogen and oxygen atoms in total. The molecule has 0 saturated carbocycles. The van der Waals surface area contributed by atoms with Gasteiger partial charge in [-0.15, -0.1) is 0 Å². The Bertz CT molecular complexity index is 720. The third-order valence-corrected chi connectivity index (χ3v) is 4.28. The molecule has 0 bridgehead atoms. The van der Waals surface area contributed by atoms with Crippen molar-refractivity contribution in [2.45, 2.75) is 19.0 Å². The number of fused-ring (bicyclic) bond motifs is 1. The van der Waals surface area contributed by atoms with Crippen molar-refractivity contribution in [1.82, 2.24) is 15.5 Å². The molecule has 4 rings (SSSR count). The summed E-state index contributed by atoms with van der Waals surface area (Å²) in [5.41, 5.74) is 3.72. The Morgan fingerprint density at radius 1 is 1.20 bits per heavy atom. The van der Waals surface area contributed by atoms with Crippen LogP contribution in [0, 0.1) is 0 Å². The Morgan fingerprint density at radius 3 is 2.95 bits per heavy atom. The Hall–Kier alpha value is -1.98. The summed E-state index contributed by atoms with van der Waals surface area (Å²) in [5, 5.41) is 11.6. The van der Waals surface area contributed by atoms with Gasteiger partial charge in [-0.05, 0) is 29.0 Å². The molecule has 2 aromatic heterocycles. The predicted octanol–water partition coefficient (Wildman–Crippen LogP) is 3.19. The molecule has 3 aromatic rings. The fourth-order valence-corrected chi connectivity index (χ4v) is 3.15. The second-order valence-corrected chi connectivity index (χ2v) is 5.65.